The van der Waals surface area contributed by atoms with E-state index in [9.17, 15) is 5.26 Å². The first-order valence-electron chi connectivity index (χ1n) is 8.39. The maximum Gasteiger partial charge on any atom is 0.169 e. The molecule has 3 rings (SSSR count). The van der Waals surface area contributed by atoms with Gasteiger partial charge in [0, 0.05) is 23.7 Å². The van der Waals surface area contributed by atoms with Crippen molar-refractivity contribution in [3.8, 4) is 23.3 Å². The number of rotatable bonds is 6. The fraction of sp³-hybridized carbons (Fsp3) is 0.200. The van der Waals surface area contributed by atoms with Crippen LogP contribution in [-0.2, 0) is 0 Å². The van der Waals surface area contributed by atoms with Gasteiger partial charge in [-0.2, -0.15) is 5.26 Å². The highest BCUT2D eigenvalue weighted by atomic mass is 35.5. The molecule has 0 saturated heterocycles. The minimum atomic E-state index is -0.558. The summed E-state index contributed by atoms with van der Waals surface area (Å²) in [5.74, 6) is 1.33. The molecule has 0 saturated carbocycles. The van der Waals surface area contributed by atoms with Crippen LogP contribution in [0.25, 0.3) is 10.9 Å². The Kier molecular flexibility index (Phi) is 6.43. The number of nitriles is 1. The van der Waals surface area contributed by atoms with Crippen molar-refractivity contribution in [3.05, 3.63) is 46.1 Å². The van der Waals surface area contributed by atoms with E-state index in [-0.39, 0.29) is 0 Å². The van der Waals surface area contributed by atoms with Gasteiger partial charge in [0.25, 0.3) is 0 Å². The Hall–Kier alpha value is -2.59. The lowest BCUT2D eigenvalue weighted by Crippen LogP contribution is -2.05. The normalized spacial score (nSPS) is 11.6. The van der Waals surface area contributed by atoms with E-state index >= 15 is 0 Å². The molecule has 1 unspecified atom stereocenters. The number of methoxy groups -OCH3 is 2. The maximum absolute atomic E-state index is 9.59. The first-order valence-corrected chi connectivity index (χ1v) is 9.58. The molecule has 0 aliphatic heterocycles. The number of aromatic nitrogens is 1. The molecule has 1 heterocycles. The lowest BCUT2D eigenvalue weighted by atomic mass is 10.1. The summed E-state index contributed by atoms with van der Waals surface area (Å²) in [4.78, 5) is 4.35. The van der Waals surface area contributed by atoms with Crippen LogP contribution in [0.2, 0.25) is 10.0 Å². The Balaban J connectivity index is 2.20. The largest absolute Gasteiger partial charge is 0.495 e. The zero-order valence-electron chi connectivity index (χ0n) is 15.7. The number of fused-ring (bicyclic) bond motifs is 1. The smallest absolute Gasteiger partial charge is 0.169 e. The van der Waals surface area contributed by atoms with Crippen molar-refractivity contribution < 1.29 is 14.2 Å². The number of ether oxygens (including phenoxy) is 3. The van der Waals surface area contributed by atoms with Crippen molar-refractivity contribution in [2.45, 2.75) is 12.5 Å². The summed E-state index contributed by atoms with van der Waals surface area (Å²) in [6.45, 7) is 1.69. The fourth-order valence-electron chi connectivity index (χ4n) is 2.76. The number of pyridine rings is 1. The van der Waals surface area contributed by atoms with Crippen molar-refractivity contribution in [1.82, 2.24) is 4.98 Å². The van der Waals surface area contributed by atoms with Gasteiger partial charge in [-0.1, -0.05) is 34.8 Å². The Morgan fingerprint density at radius 3 is 2.38 bits per heavy atom. The molecule has 29 heavy (non-hydrogen) atoms. The average molecular weight is 453 g/mol. The van der Waals surface area contributed by atoms with Gasteiger partial charge < -0.3 is 19.5 Å². The molecule has 150 valence electrons. The lowest BCUT2D eigenvalue weighted by Gasteiger charge is -2.17. The van der Waals surface area contributed by atoms with E-state index in [0.717, 1.165) is 0 Å². The molecule has 9 heteroatoms. The predicted molar refractivity (Wildman–Crippen MR) is 115 cm³/mol. The maximum atomic E-state index is 9.59. The van der Waals surface area contributed by atoms with Crippen molar-refractivity contribution in [2.24, 2.45) is 0 Å². The van der Waals surface area contributed by atoms with Crippen LogP contribution in [0.15, 0.2) is 30.5 Å². The third kappa shape index (κ3) is 4.38. The highest BCUT2D eigenvalue weighted by Crippen LogP contribution is 2.40. The topological polar surface area (TPSA) is 76.4 Å². The number of benzene rings is 2. The molecule has 2 aromatic carbocycles. The van der Waals surface area contributed by atoms with Gasteiger partial charge in [-0.05, 0) is 19.1 Å². The van der Waals surface area contributed by atoms with E-state index < -0.39 is 5.56 Å². The standard InChI is InChI=1S/C20H16Cl3N3O3/c1-10(21)29-19-6-15-12(4-18(19)28-3)20(11(8-24)9-25-15)26-16-7-17(27-2)14(23)5-13(16)22/h4-7,9-10H,1-3H3,(H,25,26). The molecule has 0 bridgehead atoms. The molecule has 3 aromatic rings. The van der Waals surface area contributed by atoms with Crippen LogP contribution in [-0.4, -0.2) is 24.8 Å². The average Bonchev–Trinajstić information content (AvgIpc) is 2.69. The summed E-state index contributed by atoms with van der Waals surface area (Å²) in [6, 6.07) is 8.77. The zero-order chi connectivity index (χ0) is 21.1. The molecular weight excluding hydrogens is 437 g/mol. The summed E-state index contributed by atoms with van der Waals surface area (Å²) < 4.78 is 16.3. The molecule has 1 atom stereocenters. The predicted octanol–water partition coefficient (Wildman–Crippen LogP) is 6.14. The summed E-state index contributed by atoms with van der Waals surface area (Å²) in [6.07, 6.45) is 1.46. The Labute approximate surface area is 182 Å². The van der Waals surface area contributed by atoms with Gasteiger partial charge in [-0.25, -0.2) is 0 Å². The van der Waals surface area contributed by atoms with Crippen molar-refractivity contribution in [2.75, 3.05) is 19.5 Å². The van der Waals surface area contributed by atoms with Crippen LogP contribution in [0, 0.1) is 11.3 Å². The second-order valence-electron chi connectivity index (χ2n) is 5.93. The summed E-state index contributed by atoms with van der Waals surface area (Å²) in [7, 11) is 3.02. The molecule has 0 aliphatic rings. The molecule has 0 spiro atoms. The van der Waals surface area contributed by atoms with Gasteiger partial charge in [-0.15, -0.1) is 0 Å². The molecular formula is C20H16Cl3N3O3. The Morgan fingerprint density at radius 2 is 1.76 bits per heavy atom. The molecule has 1 N–H and O–H groups in total. The highest BCUT2D eigenvalue weighted by molar-refractivity contribution is 6.37. The van der Waals surface area contributed by atoms with Gasteiger partial charge in [-0.3, -0.25) is 4.98 Å². The minimum Gasteiger partial charge on any atom is -0.495 e. The monoisotopic (exact) mass is 451 g/mol. The van der Waals surface area contributed by atoms with E-state index in [1.807, 2.05) is 0 Å². The van der Waals surface area contributed by atoms with Crippen LogP contribution in [0.1, 0.15) is 12.5 Å². The summed E-state index contributed by atoms with van der Waals surface area (Å²) >= 11 is 18.4. The van der Waals surface area contributed by atoms with Crippen molar-refractivity contribution in [1.29, 1.82) is 5.26 Å². The first kappa shape index (κ1) is 21.1. The number of hydrogen-bond acceptors (Lipinski definition) is 6. The number of anilines is 2. The van der Waals surface area contributed by atoms with Crippen LogP contribution in [0.5, 0.6) is 17.2 Å². The fourth-order valence-corrected chi connectivity index (χ4v) is 3.37. The lowest BCUT2D eigenvalue weighted by molar-refractivity contribution is 0.281. The number of nitrogens with zero attached hydrogens (tertiary/aromatic N) is 2. The number of nitrogens with one attached hydrogen (secondary N) is 1. The van der Waals surface area contributed by atoms with Crippen molar-refractivity contribution >= 4 is 57.1 Å². The molecule has 0 aliphatic carbocycles. The molecule has 1 aromatic heterocycles. The number of halogens is 3. The van der Waals surface area contributed by atoms with Crippen LogP contribution >= 0.6 is 34.8 Å². The molecule has 6 nitrogen and oxygen atoms in total. The van der Waals surface area contributed by atoms with Crippen LogP contribution in [0.3, 0.4) is 0 Å². The van der Waals surface area contributed by atoms with Gasteiger partial charge in [0.2, 0.25) is 0 Å². The van der Waals surface area contributed by atoms with Crippen molar-refractivity contribution in [3.63, 3.8) is 0 Å². The summed E-state index contributed by atoms with van der Waals surface area (Å²) in [5, 5.41) is 14.2. The van der Waals surface area contributed by atoms with E-state index in [4.69, 9.17) is 49.0 Å². The second-order valence-corrected chi connectivity index (χ2v) is 7.36. The third-order valence-electron chi connectivity index (χ3n) is 4.06. The highest BCUT2D eigenvalue weighted by Gasteiger charge is 2.17. The van der Waals surface area contributed by atoms with Gasteiger partial charge in [0.1, 0.15) is 11.8 Å². The minimum absolute atomic E-state index is 0.323. The third-order valence-corrected chi connectivity index (χ3v) is 4.76. The number of alkyl halides is 1. The molecule has 0 radical (unpaired) electrons. The molecule has 0 fully saturated rings. The van der Waals surface area contributed by atoms with Gasteiger partial charge >= 0.3 is 0 Å². The zero-order valence-corrected chi connectivity index (χ0v) is 18.0. The quantitative estimate of drug-likeness (QED) is 0.453. The van der Waals surface area contributed by atoms with E-state index in [2.05, 4.69) is 16.4 Å². The van der Waals surface area contributed by atoms with E-state index in [1.54, 1.807) is 31.2 Å². The SMILES string of the molecule is COc1cc(Nc2c(C#N)cnc3cc(OC(C)Cl)c(OC)cc23)c(Cl)cc1Cl. The first-order chi connectivity index (χ1) is 13.9. The van der Waals surface area contributed by atoms with E-state index in [0.29, 0.717) is 55.1 Å². The Bertz CT molecular complexity index is 1110. The van der Waals surface area contributed by atoms with Crippen LogP contribution in [0.4, 0.5) is 11.4 Å². The second kappa shape index (κ2) is 8.83. The van der Waals surface area contributed by atoms with Gasteiger partial charge in [0.15, 0.2) is 17.1 Å². The Morgan fingerprint density at radius 1 is 1.03 bits per heavy atom. The number of hydrogen-bond donors (Lipinski definition) is 1. The summed E-state index contributed by atoms with van der Waals surface area (Å²) in [5.41, 5.74) is 1.37. The molecule has 0 amide bonds. The van der Waals surface area contributed by atoms with Crippen LogP contribution < -0.4 is 19.5 Å². The van der Waals surface area contributed by atoms with E-state index in [1.165, 1.54) is 20.4 Å². The van der Waals surface area contributed by atoms with Gasteiger partial charge in [0.05, 0.1) is 46.7 Å².